The number of aromatic nitrogens is 4. The lowest BCUT2D eigenvalue weighted by atomic mass is 9.82. The van der Waals surface area contributed by atoms with Crippen LogP contribution in [0, 0.1) is 19.8 Å². The lowest BCUT2D eigenvalue weighted by Gasteiger charge is -2.45. The van der Waals surface area contributed by atoms with Crippen molar-refractivity contribution in [1.29, 1.82) is 0 Å². The van der Waals surface area contributed by atoms with E-state index in [1.54, 1.807) is 6.07 Å². The van der Waals surface area contributed by atoms with E-state index in [1.165, 1.54) is 15.9 Å². The van der Waals surface area contributed by atoms with E-state index in [0.717, 1.165) is 48.1 Å². The molecule has 2 aliphatic rings. The molecule has 2 aliphatic heterocycles. The second kappa shape index (κ2) is 6.80. The van der Waals surface area contributed by atoms with Crippen molar-refractivity contribution in [2.24, 2.45) is 5.92 Å². The first-order valence-electron chi connectivity index (χ1n) is 10.5. The van der Waals surface area contributed by atoms with Gasteiger partial charge in [-0.05, 0) is 44.4 Å². The van der Waals surface area contributed by atoms with Crippen molar-refractivity contribution < 1.29 is 9.52 Å². The number of thiazole rings is 1. The topological polar surface area (TPSA) is 88.8 Å². The van der Waals surface area contributed by atoms with E-state index in [2.05, 4.69) is 21.0 Å². The average molecular weight is 438 g/mol. The third-order valence-corrected chi connectivity index (χ3v) is 7.53. The predicted octanol–water partition coefficient (Wildman–Crippen LogP) is 3.08. The van der Waals surface area contributed by atoms with Crippen molar-refractivity contribution in [3.05, 3.63) is 68.6 Å². The second-order valence-corrected chi connectivity index (χ2v) is 9.66. The maximum atomic E-state index is 12.4. The molecule has 2 bridgehead atoms. The molecule has 3 atom stereocenters. The van der Waals surface area contributed by atoms with E-state index in [1.807, 2.05) is 36.6 Å². The zero-order valence-corrected chi connectivity index (χ0v) is 18.2. The summed E-state index contributed by atoms with van der Waals surface area (Å²) in [4.78, 5) is 20.7. The van der Waals surface area contributed by atoms with Gasteiger partial charge in [-0.1, -0.05) is 17.4 Å². The minimum Gasteiger partial charge on any atom is -0.492 e. The Labute approximate surface area is 182 Å². The Morgan fingerprint density at radius 2 is 2.06 bits per heavy atom. The molecule has 4 aromatic rings. The molecule has 0 unspecified atom stereocenters. The van der Waals surface area contributed by atoms with E-state index in [-0.39, 0.29) is 23.4 Å². The molecule has 0 spiro atoms. The van der Waals surface area contributed by atoms with Gasteiger partial charge < -0.3 is 14.1 Å². The fraction of sp³-hybridized carbons (Fsp3) is 0.409. The Balaban J connectivity index is 1.44. The van der Waals surface area contributed by atoms with Crippen LogP contribution in [0.1, 0.15) is 46.3 Å². The van der Waals surface area contributed by atoms with Gasteiger partial charge in [0.2, 0.25) is 10.8 Å². The highest BCUT2D eigenvalue weighted by Crippen LogP contribution is 2.45. The lowest BCUT2D eigenvalue weighted by molar-refractivity contribution is 0.0868. The number of hydrogen-bond donors (Lipinski definition) is 1. The van der Waals surface area contributed by atoms with Gasteiger partial charge in [0.1, 0.15) is 23.4 Å². The first kappa shape index (κ1) is 18.8. The summed E-state index contributed by atoms with van der Waals surface area (Å²) >= 11 is 1.45. The monoisotopic (exact) mass is 437 g/mol. The Morgan fingerprint density at radius 1 is 1.19 bits per heavy atom. The molecule has 0 aromatic carbocycles. The van der Waals surface area contributed by atoms with E-state index in [4.69, 9.17) is 4.42 Å². The minimum atomic E-state index is -0.227. The van der Waals surface area contributed by atoms with Gasteiger partial charge >= 0.3 is 0 Å². The van der Waals surface area contributed by atoms with Crippen molar-refractivity contribution >= 4 is 16.3 Å². The standard InChI is InChI=1S/C22H23N5O3S/c1-12-6-7-17(30-12)19(20-21(29)27-22(31-20)23-13(2)24-27)25-9-14-8-15(11-25)16-4-3-5-18(28)26(16)10-14/h3-7,14-15,19,29H,8-11H2,1-2H3/t14-,15-,19+/m0/s1. The van der Waals surface area contributed by atoms with E-state index in [9.17, 15) is 9.90 Å². The first-order valence-corrected chi connectivity index (χ1v) is 11.3. The predicted molar refractivity (Wildman–Crippen MR) is 116 cm³/mol. The van der Waals surface area contributed by atoms with Gasteiger partial charge in [-0.3, -0.25) is 9.69 Å². The molecule has 1 saturated heterocycles. The number of pyridine rings is 1. The van der Waals surface area contributed by atoms with Crippen LogP contribution in [0.5, 0.6) is 5.88 Å². The first-order chi connectivity index (χ1) is 15.0. The van der Waals surface area contributed by atoms with E-state index in [0.29, 0.717) is 16.7 Å². The molecule has 0 aliphatic carbocycles. The average Bonchev–Trinajstić information content (AvgIpc) is 3.40. The zero-order valence-electron chi connectivity index (χ0n) is 17.4. The van der Waals surface area contributed by atoms with Gasteiger partial charge in [0.25, 0.3) is 5.56 Å². The van der Waals surface area contributed by atoms with Crippen molar-refractivity contribution in [1.82, 2.24) is 24.1 Å². The van der Waals surface area contributed by atoms with Gasteiger partial charge in [0.05, 0.1) is 4.88 Å². The smallest absolute Gasteiger partial charge is 0.250 e. The summed E-state index contributed by atoms with van der Waals surface area (Å²) in [5.74, 6) is 3.03. The number of aromatic hydroxyl groups is 1. The van der Waals surface area contributed by atoms with Crippen LogP contribution < -0.4 is 5.56 Å². The Hall–Kier alpha value is -2.91. The molecule has 0 saturated carbocycles. The Bertz CT molecular complexity index is 1350. The molecule has 31 heavy (non-hydrogen) atoms. The maximum absolute atomic E-state index is 12.4. The molecule has 160 valence electrons. The van der Waals surface area contributed by atoms with Crippen LogP contribution in [0.4, 0.5) is 0 Å². The third-order valence-electron chi connectivity index (χ3n) is 6.46. The van der Waals surface area contributed by atoms with Gasteiger partial charge in [0.15, 0.2) is 0 Å². The highest BCUT2D eigenvalue weighted by Gasteiger charge is 2.40. The molecule has 9 heteroatoms. The van der Waals surface area contributed by atoms with Crippen molar-refractivity contribution in [2.75, 3.05) is 13.1 Å². The number of fused-ring (bicyclic) bond motifs is 5. The molecule has 1 N–H and O–H groups in total. The van der Waals surface area contributed by atoms with E-state index >= 15 is 0 Å². The highest BCUT2D eigenvalue weighted by atomic mass is 32.1. The molecule has 6 rings (SSSR count). The van der Waals surface area contributed by atoms with Crippen LogP contribution in [-0.2, 0) is 6.54 Å². The summed E-state index contributed by atoms with van der Waals surface area (Å²) in [6, 6.07) is 9.29. The summed E-state index contributed by atoms with van der Waals surface area (Å²) in [6.45, 7) is 6.09. The third kappa shape index (κ3) is 2.95. The van der Waals surface area contributed by atoms with Crippen molar-refractivity contribution in [3.63, 3.8) is 0 Å². The number of nitrogens with zero attached hydrogens (tertiary/aromatic N) is 5. The zero-order chi connectivity index (χ0) is 21.3. The molecular weight excluding hydrogens is 414 g/mol. The summed E-state index contributed by atoms with van der Waals surface area (Å²) in [6.07, 6.45) is 1.07. The number of hydrogen-bond acceptors (Lipinski definition) is 7. The molecule has 0 amide bonds. The number of furan rings is 1. The van der Waals surface area contributed by atoms with Gasteiger partial charge in [-0.2, -0.15) is 4.52 Å². The quantitative estimate of drug-likeness (QED) is 0.530. The maximum Gasteiger partial charge on any atom is 0.250 e. The minimum absolute atomic E-state index is 0.0810. The van der Waals surface area contributed by atoms with E-state index < -0.39 is 0 Å². The SMILES string of the molecule is Cc1nc2sc([C@@H](c3ccc(C)o3)N3C[C@@H]4C[C@@H](C3)c3cccc(=O)n3C4)c(O)n2n1. The largest absolute Gasteiger partial charge is 0.492 e. The van der Waals surface area contributed by atoms with Crippen LogP contribution in [0.2, 0.25) is 0 Å². The highest BCUT2D eigenvalue weighted by molar-refractivity contribution is 7.17. The number of aryl methyl sites for hydroxylation is 2. The van der Waals surface area contributed by atoms with Crippen LogP contribution in [0.25, 0.3) is 4.96 Å². The Kier molecular flexibility index (Phi) is 4.13. The van der Waals surface area contributed by atoms with Crippen LogP contribution in [0.3, 0.4) is 0 Å². The summed E-state index contributed by atoms with van der Waals surface area (Å²) < 4.78 is 9.51. The summed E-state index contributed by atoms with van der Waals surface area (Å²) in [5.41, 5.74) is 1.18. The van der Waals surface area contributed by atoms with Crippen LogP contribution >= 0.6 is 11.3 Å². The molecule has 4 aromatic heterocycles. The fourth-order valence-electron chi connectivity index (χ4n) is 5.25. The fourth-order valence-corrected chi connectivity index (χ4v) is 6.39. The van der Waals surface area contributed by atoms with Gasteiger partial charge in [-0.25, -0.2) is 4.98 Å². The Morgan fingerprint density at radius 3 is 2.84 bits per heavy atom. The van der Waals surface area contributed by atoms with Crippen molar-refractivity contribution in [2.45, 2.75) is 38.8 Å². The number of rotatable bonds is 3. The van der Waals surface area contributed by atoms with Crippen LogP contribution in [-0.4, -0.2) is 42.3 Å². The normalized spacial score (nSPS) is 22.0. The van der Waals surface area contributed by atoms with Gasteiger partial charge in [0, 0.05) is 37.3 Å². The lowest BCUT2D eigenvalue weighted by Crippen LogP contribution is -2.48. The molecular formula is C22H23N5O3S. The molecule has 6 heterocycles. The van der Waals surface area contributed by atoms with Crippen molar-refractivity contribution in [3.8, 4) is 5.88 Å². The number of likely N-dealkylation sites (tertiary alicyclic amines) is 1. The van der Waals surface area contributed by atoms with Crippen LogP contribution in [0.15, 0.2) is 39.5 Å². The summed E-state index contributed by atoms with van der Waals surface area (Å²) in [5, 5.41) is 15.4. The molecule has 8 nitrogen and oxygen atoms in total. The molecule has 0 radical (unpaired) electrons. The molecule has 1 fully saturated rings. The van der Waals surface area contributed by atoms with Gasteiger partial charge in [-0.15, -0.1) is 5.10 Å². The summed E-state index contributed by atoms with van der Waals surface area (Å²) in [7, 11) is 0. The number of piperidine rings is 1. The second-order valence-electron chi connectivity index (χ2n) is 8.65.